The molecule has 26 heavy (non-hydrogen) atoms. The van der Waals surface area contributed by atoms with Gasteiger partial charge in [-0.3, -0.25) is 0 Å². The molecule has 7 heteroatoms. The molecular weight excluding hydrogens is 371 g/mol. The molecule has 2 aromatic carbocycles. The molecule has 0 aromatic heterocycles. The molecule has 0 amide bonds. The van der Waals surface area contributed by atoms with Crippen molar-refractivity contribution in [1.82, 2.24) is 10.0 Å². The predicted molar refractivity (Wildman–Crippen MR) is 104 cm³/mol. The zero-order chi connectivity index (χ0) is 18.4. The molecule has 0 radical (unpaired) electrons. The third-order valence-electron chi connectivity index (χ3n) is 4.38. The van der Waals surface area contributed by atoms with Gasteiger partial charge in [0.25, 0.3) is 0 Å². The van der Waals surface area contributed by atoms with E-state index in [-0.39, 0.29) is 17.3 Å². The van der Waals surface area contributed by atoms with Crippen LogP contribution in [0.1, 0.15) is 24.0 Å². The van der Waals surface area contributed by atoms with Gasteiger partial charge in [0.2, 0.25) is 10.0 Å². The summed E-state index contributed by atoms with van der Waals surface area (Å²) >= 11 is 1.98. The van der Waals surface area contributed by atoms with Crippen LogP contribution in [0.2, 0.25) is 0 Å². The lowest BCUT2D eigenvalue weighted by atomic mass is 10.1. The molecule has 0 bridgehead atoms. The summed E-state index contributed by atoms with van der Waals surface area (Å²) in [7, 11) is -3.64. The van der Waals surface area contributed by atoms with Gasteiger partial charge >= 0.3 is 0 Å². The number of thioether (sulfide) groups is 1. The lowest BCUT2D eigenvalue weighted by molar-refractivity contribution is 0.482. The molecule has 1 aliphatic heterocycles. The second-order valence-electron chi connectivity index (χ2n) is 6.37. The van der Waals surface area contributed by atoms with E-state index in [2.05, 4.69) is 10.0 Å². The van der Waals surface area contributed by atoms with Crippen molar-refractivity contribution in [1.29, 1.82) is 0 Å². The topological polar surface area (TPSA) is 58.2 Å². The molecule has 4 nitrogen and oxygen atoms in total. The molecule has 0 saturated carbocycles. The molecule has 140 valence electrons. The van der Waals surface area contributed by atoms with Crippen LogP contribution in [-0.4, -0.2) is 26.0 Å². The zero-order valence-corrected chi connectivity index (χ0v) is 16.1. The van der Waals surface area contributed by atoms with Gasteiger partial charge in [-0.15, -0.1) is 0 Å². The summed E-state index contributed by atoms with van der Waals surface area (Å²) < 4.78 is 40.8. The SMILES string of the molecule is O=S(=O)(NCc1cccc(F)c1)c1cccc(CNC2CCSCC2)c1. The minimum atomic E-state index is -3.64. The molecule has 0 unspecified atom stereocenters. The Balaban J connectivity index is 1.61. The van der Waals surface area contributed by atoms with Crippen LogP contribution in [0.25, 0.3) is 0 Å². The Morgan fingerprint density at radius 3 is 2.42 bits per heavy atom. The van der Waals surface area contributed by atoms with Gasteiger partial charge in [0, 0.05) is 19.1 Å². The van der Waals surface area contributed by atoms with E-state index in [4.69, 9.17) is 0 Å². The van der Waals surface area contributed by atoms with Crippen LogP contribution in [-0.2, 0) is 23.1 Å². The van der Waals surface area contributed by atoms with Gasteiger partial charge in [-0.2, -0.15) is 11.8 Å². The average molecular weight is 395 g/mol. The maximum atomic E-state index is 13.2. The second-order valence-corrected chi connectivity index (χ2v) is 9.36. The summed E-state index contributed by atoms with van der Waals surface area (Å²) in [6.07, 6.45) is 2.30. The van der Waals surface area contributed by atoms with E-state index in [1.54, 1.807) is 30.3 Å². The second kappa shape index (κ2) is 8.99. The number of rotatable bonds is 7. The molecule has 1 saturated heterocycles. The highest BCUT2D eigenvalue weighted by atomic mass is 32.2. The van der Waals surface area contributed by atoms with Gasteiger partial charge < -0.3 is 5.32 Å². The van der Waals surface area contributed by atoms with Crippen LogP contribution < -0.4 is 10.0 Å². The first-order chi connectivity index (χ1) is 12.5. The first kappa shape index (κ1) is 19.4. The Morgan fingerprint density at radius 2 is 1.69 bits per heavy atom. The Bertz CT molecular complexity index is 837. The first-order valence-corrected chi connectivity index (χ1v) is 11.3. The van der Waals surface area contributed by atoms with E-state index in [0.717, 1.165) is 18.4 Å². The molecule has 2 N–H and O–H groups in total. The highest BCUT2D eigenvalue weighted by Gasteiger charge is 2.16. The van der Waals surface area contributed by atoms with Gasteiger partial charge in [0.1, 0.15) is 5.82 Å². The normalized spacial score (nSPS) is 15.9. The number of benzene rings is 2. The minimum Gasteiger partial charge on any atom is -0.310 e. The van der Waals surface area contributed by atoms with Crippen molar-refractivity contribution in [2.75, 3.05) is 11.5 Å². The Morgan fingerprint density at radius 1 is 1.00 bits per heavy atom. The largest absolute Gasteiger partial charge is 0.310 e. The van der Waals surface area contributed by atoms with Crippen LogP contribution >= 0.6 is 11.8 Å². The van der Waals surface area contributed by atoms with Crippen molar-refractivity contribution < 1.29 is 12.8 Å². The number of hydrogen-bond acceptors (Lipinski definition) is 4. The summed E-state index contributed by atoms with van der Waals surface area (Å²) in [5.74, 6) is 1.97. The molecule has 0 spiro atoms. The molecule has 1 fully saturated rings. The van der Waals surface area contributed by atoms with Gasteiger partial charge in [0.15, 0.2) is 0 Å². The van der Waals surface area contributed by atoms with E-state index in [9.17, 15) is 12.8 Å². The molecule has 1 heterocycles. The van der Waals surface area contributed by atoms with Crippen LogP contribution in [0.3, 0.4) is 0 Å². The maximum Gasteiger partial charge on any atom is 0.240 e. The van der Waals surface area contributed by atoms with E-state index in [1.165, 1.54) is 23.6 Å². The monoisotopic (exact) mass is 394 g/mol. The maximum absolute atomic E-state index is 13.2. The molecule has 1 aliphatic rings. The van der Waals surface area contributed by atoms with E-state index >= 15 is 0 Å². The van der Waals surface area contributed by atoms with Gasteiger partial charge in [-0.1, -0.05) is 24.3 Å². The smallest absolute Gasteiger partial charge is 0.240 e. The van der Waals surface area contributed by atoms with Crippen LogP contribution in [0.4, 0.5) is 4.39 Å². The predicted octanol–water partition coefficient (Wildman–Crippen LogP) is 3.29. The molecule has 3 rings (SSSR count). The molecule has 0 aliphatic carbocycles. The Labute approximate surface area is 158 Å². The van der Waals surface area contributed by atoms with Crippen LogP contribution in [0.5, 0.6) is 0 Å². The number of halogens is 1. The van der Waals surface area contributed by atoms with Crippen molar-refractivity contribution >= 4 is 21.8 Å². The summed E-state index contributed by atoms with van der Waals surface area (Å²) in [4.78, 5) is 0.229. The molecular formula is C19H23FN2O2S2. The van der Waals surface area contributed by atoms with Crippen molar-refractivity contribution in [3.8, 4) is 0 Å². The van der Waals surface area contributed by atoms with E-state index in [0.29, 0.717) is 18.2 Å². The summed E-state index contributed by atoms with van der Waals surface area (Å²) in [6, 6.07) is 13.4. The zero-order valence-electron chi connectivity index (χ0n) is 14.4. The average Bonchev–Trinajstić information content (AvgIpc) is 2.66. The van der Waals surface area contributed by atoms with Gasteiger partial charge in [0.05, 0.1) is 4.90 Å². The number of nitrogens with one attached hydrogen (secondary N) is 2. The van der Waals surface area contributed by atoms with E-state index in [1.807, 2.05) is 17.8 Å². The highest BCUT2D eigenvalue weighted by molar-refractivity contribution is 7.99. The van der Waals surface area contributed by atoms with Crippen molar-refractivity contribution in [3.05, 3.63) is 65.5 Å². The third kappa shape index (κ3) is 5.54. The van der Waals surface area contributed by atoms with Gasteiger partial charge in [-0.25, -0.2) is 17.5 Å². The molecule has 0 atom stereocenters. The van der Waals surface area contributed by atoms with Gasteiger partial charge in [-0.05, 0) is 59.7 Å². The fraction of sp³-hybridized carbons (Fsp3) is 0.368. The van der Waals surface area contributed by atoms with Crippen molar-refractivity contribution in [2.24, 2.45) is 0 Å². The lowest BCUT2D eigenvalue weighted by Crippen LogP contribution is -2.32. The van der Waals surface area contributed by atoms with Crippen LogP contribution in [0.15, 0.2) is 53.4 Å². The summed E-state index contributed by atoms with van der Waals surface area (Å²) in [5, 5.41) is 3.51. The quantitative estimate of drug-likeness (QED) is 0.757. The Kier molecular flexibility index (Phi) is 6.69. The van der Waals surface area contributed by atoms with Crippen molar-refractivity contribution in [3.63, 3.8) is 0 Å². The standard InChI is InChI=1S/C19H23FN2O2S2/c20-17-5-1-3-15(11-17)14-22-26(23,24)19-6-2-4-16(12-19)13-21-18-7-9-25-10-8-18/h1-6,11-12,18,21-22H,7-10,13-14H2. The van der Waals surface area contributed by atoms with Crippen molar-refractivity contribution in [2.45, 2.75) is 36.9 Å². The molecule has 2 aromatic rings. The lowest BCUT2D eigenvalue weighted by Gasteiger charge is -2.22. The Hall–Kier alpha value is -1.41. The third-order valence-corrected chi connectivity index (χ3v) is 6.83. The number of sulfonamides is 1. The highest BCUT2D eigenvalue weighted by Crippen LogP contribution is 2.18. The fourth-order valence-corrected chi connectivity index (χ4v) is 5.09. The van der Waals surface area contributed by atoms with E-state index < -0.39 is 10.0 Å². The number of hydrogen-bond donors (Lipinski definition) is 2. The fourth-order valence-electron chi connectivity index (χ4n) is 2.90. The first-order valence-electron chi connectivity index (χ1n) is 8.67. The minimum absolute atomic E-state index is 0.0578. The summed E-state index contributed by atoms with van der Waals surface area (Å²) in [5.41, 5.74) is 1.53. The van der Waals surface area contributed by atoms with Crippen LogP contribution in [0, 0.1) is 5.82 Å². The summed E-state index contributed by atoms with van der Waals surface area (Å²) in [6.45, 7) is 0.713.